The second-order valence-corrected chi connectivity index (χ2v) is 5.76. The monoisotopic (exact) mass is 272 g/mol. The highest BCUT2D eigenvalue weighted by Crippen LogP contribution is 2.22. The molecule has 1 aliphatic rings. The van der Waals surface area contributed by atoms with Crippen molar-refractivity contribution >= 4 is 17.2 Å². The quantitative estimate of drug-likeness (QED) is 0.929. The lowest BCUT2D eigenvalue weighted by Crippen LogP contribution is -2.32. The number of hydrogen-bond donors (Lipinski definition) is 1. The molecule has 0 bridgehead atoms. The van der Waals surface area contributed by atoms with Crippen LogP contribution < -0.4 is 5.32 Å². The Morgan fingerprint density at radius 1 is 1.21 bits per heavy atom. The molecular weight excluding hydrogens is 256 g/mol. The second-order valence-electron chi connectivity index (χ2n) is 4.87. The van der Waals surface area contributed by atoms with Crippen LogP contribution in [0.4, 0.5) is 0 Å². The van der Waals surface area contributed by atoms with E-state index in [4.69, 9.17) is 0 Å². The molecule has 98 valence electrons. The first kappa shape index (κ1) is 12.4. The molecule has 3 nitrogen and oxygen atoms in total. The zero-order chi connectivity index (χ0) is 13.1. The summed E-state index contributed by atoms with van der Waals surface area (Å²) in [6.07, 6.45) is 6.48. The van der Waals surface area contributed by atoms with Crippen molar-refractivity contribution in [2.75, 3.05) is 0 Å². The minimum Gasteiger partial charge on any atom is -0.349 e. The van der Waals surface area contributed by atoms with Crippen molar-refractivity contribution in [2.24, 2.45) is 0 Å². The number of aromatic nitrogens is 1. The highest BCUT2D eigenvalue weighted by atomic mass is 32.1. The average Bonchev–Trinajstić information content (AvgIpc) is 3.12. The molecule has 1 N–H and O–H groups in total. The predicted octanol–water partition coefficient (Wildman–Crippen LogP) is 3.48. The molecule has 1 amide bonds. The summed E-state index contributed by atoms with van der Waals surface area (Å²) in [6.45, 7) is 0. The summed E-state index contributed by atoms with van der Waals surface area (Å²) in [6, 6.07) is 8.04. The summed E-state index contributed by atoms with van der Waals surface area (Å²) in [7, 11) is 0. The van der Waals surface area contributed by atoms with E-state index in [1.165, 1.54) is 12.8 Å². The molecule has 0 atom stereocenters. The van der Waals surface area contributed by atoms with E-state index in [9.17, 15) is 4.79 Å². The van der Waals surface area contributed by atoms with Crippen LogP contribution in [0.2, 0.25) is 0 Å². The molecule has 0 saturated heterocycles. The van der Waals surface area contributed by atoms with E-state index in [2.05, 4.69) is 10.3 Å². The number of thiazole rings is 1. The van der Waals surface area contributed by atoms with Crippen LogP contribution in [0.15, 0.2) is 35.8 Å². The van der Waals surface area contributed by atoms with Crippen molar-refractivity contribution in [3.8, 4) is 10.6 Å². The molecule has 0 aliphatic heterocycles. The number of benzene rings is 1. The van der Waals surface area contributed by atoms with Gasteiger partial charge in [0.1, 0.15) is 5.01 Å². The van der Waals surface area contributed by atoms with Gasteiger partial charge in [0.2, 0.25) is 0 Å². The van der Waals surface area contributed by atoms with Gasteiger partial charge < -0.3 is 5.32 Å². The summed E-state index contributed by atoms with van der Waals surface area (Å²) >= 11 is 1.60. The SMILES string of the molecule is O=C(NC1CCCC1)c1ccc(-c2nccs2)cc1. The second kappa shape index (κ2) is 5.53. The average molecular weight is 272 g/mol. The third-order valence-electron chi connectivity index (χ3n) is 3.52. The summed E-state index contributed by atoms with van der Waals surface area (Å²) in [5.41, 5.74) is 1.79. The standard InChI is InChI=1S/C15H16N2OS/c18-14(17-13-3-1-2-4-13)11-5-7-12(8-6-11)15-16-9-10-19-15/h5-10,13H,1-4H2,(H,17,18). The maximum Gasteiger partial charge on any atom is 0.251 e. The number of rotatable bonds is 3. The number of carbonyl (C=O) groups is 1. The maximum absolute atomic E-state index is 12.1. The van der Waals surface area contributed by atoms with Gasteiger partial charge in [-0.1, -0.05) is 25.0 Å². The van der Waals surface area contributed by atoms with Gasteiger partial charge in [-0.05, 0) is 25.0 Å². The number of nitrogens with one attached hydrogen (secondary N) is 1. The van der Waals surface area contributed by atoms with Gasteiger partial charge in [0, 0.05) is 28.7 Å². The highest BCUT2D eigenvalue weighted by molar-refractivity contribution is 7.13. The topological polar surface area (TPSA) is 42.0 Å². The molecule has 0 spiro atoms. The van der Waals surface area contributed by atoms with E-state index in [1.54, 1.807) is 17.5 Å². The van der Waals surface area contributed by atoms with Crippen LogP contribution in [-0.4, -0.2) is 16.9 Å². The van der Waals surface area contributed by atoms with Crippen molar-refractivity contribution in [3.05, 3.63) is 41.4 Å². The van der Waals surface area contributed by atoms with Gasteiger partial charge in [0.05, 0.1) is 0 Å². The summed E-state index contributed by atoms with van der Waals surface area (Å²) < 4.78 is 0. The van der Waals surface area contributed by atoms with Crippen molar-refractivity contribution in [1.82, 2.24) is 10.3 Å². The van der Waals surface area contributed by atoms with Crippen LogP contribution in [0.25, 0.3) is 10.6 Å². The first-order chi connectivity index (χ1) is 9.33. The molecule has 0 unspecified atom stereocenters. The minimum absolute atomic E-state index is 0.0394. The van der Waals surface area contributed by atoms with Gasteiger partial charge >= 0.3 is 0 Å². The Bertz CT molecular complexity index is 542. The number of carbonyl (C=O) groups excluding carboxylic acids is 1. The van der Waals surface area contributed by atoms with Crippen molar-refractivity contribution in [1.29, 1.82) is 0 Å². The molecule has 1 saturated carbocycles. The van der Waals surface area contributed by atoms with E-state index in [0.717, 1.165) is 29.0 Å². The van der Waals surface area contributed by atoms with E-state index in [-0.39, 0.29) is 5.91 Å². The number of hydrogen-bond acceptors (Lipinski definition) is 3. The van der Waals surface area contributed by atoms with Gasteiger partial charge in [0.15, 0.2) is 0 Å². The fourth-order valence-electron chi connectivity index (χ4n) is 2.47. The first-order valence-corrected chi connectivity index (χ1v) is 7.52. The molecule has 0 radical (unpaired) electrons. The summed E-state index contributed by atoms with van der Waals surface area (Å²) in [4.78, 5) is 16.3. The molecule has 3 rings (SSSR count). The van der Waals surface area contributed by atoms with E-state index in [1.807, 2.05) is 29.6 Å². The maximum atomic E-state index is 12.1. The Labute approximate surface area is 116 Å². The van der Waals surface area contributed by atoms with Gasteiger partial charge in [0.25, 0.3) is 5.91 Å². The van der Waals surface area contributed by atoms with E-state index >= 15 is 0 Å². The lowest BCUT2D eigenvalue weighted by atomic mass is 10.1. The van der Waals surface area contributed by atoms with Gasteiger partial charge in [-0.3, -0.25) is 4.79 Å². The first-order valence-electron chi connectivity index (χ1n) is 6.64. The van der Waals surface area contributed by atoms with Crippen LogP contribution >= 0.6 is 11.3 Å². The van der Waals surface area contributed by atoms with Crippen LogP contribution in [0, 0.1) is 0 Å². The Kier molecular flexibility index (Phi) is 3.60. The molecule has 4 heteroatoms. The lowest BCUT2D eigenvalue weighted by Gasteiger charge is -2.11. The molecule has 2 aromatic rings. The highest BCUT2D eigenvalue weighted by Gasteiger charge is 2.17. The molecule has 1 fully saturated rings. The lowest BCUT2D eigenvalue weighted by molar-refractivity contribution is 0.0938. The van der Waals surface area contributed by atoms with Gasteiger partial charge in [-0.15, -0.1) is 11.3 Å². The van der Waals surface area contributed by atoms with E-state index in [0.29, 0.717) is 6.04 Å². The molecule has 1 aromatic carbocycles. The Morgan fingerprint density at radius 3 is 2.58 bits per heavy atom. The zero-order valence-corrected chi connectivity index (χ0v) is 11.5. The fourth-order valence-corrected chi connectivity index (χ4v) is 3.11. The van der Waals surface area contributed by atoms with E-state index < -0.39 is 0 Å². The van der Waals surface area contributed by atoms with Crippen LogP contribution in [-0.2, 0) is 0 Å². The van der Waals surface area contributed by atoms with Crippen LogP contribution in [0.5, 0.6) is 0 Å². The molecule has 1 aliphatic carbocycles. The Morgan fingerprint density at radius 2 is 1.95 bits per heavy atom. The molecule has 1 aromatic heterocycles. The van der Waals surface area contributed by atoms with Crippen molar-refractivity contribution < 1.29 is 4.79 Å². The van der Waals surface area contributed by atoms with Crippen LogP contribution in [0.1, 0.15) is 36.0 Å². The Hall–Kier alpha value is -1.68. The van der Waals surface area contributed by atoms with Crippen LogP contribution in [0.3, 0.4) is 0 Å². The summed E-state index contributed by atoms with van der Waals surface area (Å²) in [5.74, 6) is 0.0394. The molecule has 19 heavy (non-hydrogen) atoms. The number of nitrogens with zero attached hydrogens (tertiary/aromatic N) is 1. The third-order valence-corrected chi connectivity index (χ3v) is 4.34. The molecule has 1 heterocycles. The number of amides is 1. The third kappa shape index (κ3) is 2.84. The normalized spacial score (nSPS) is 15.6. The Balaban J connectivity index is 1.69. The largest absolute Gasteiger partial charge is 0.349 e. The van der Waals surface area contributed by atoms with Crippen molar-refractivity contribution in [3.63, 3.8) is 0 Å². The summed E-state index contributed by atoms with van der Waals surface area (Å²) in [5, 5.41) is 6.04. The molecular formula is C15H16N2OS. The van der Waals surface area contributed by atoms with Crippen molar-refractivity contribution in [2.45, 2.75) is 31.7 Å². The zero-order valence-electron chi connectivity index (χ0n) is 10.6. The predicted molar refractivity (Wildman–Crippen MR) is 77.3 cm³/mol. The smallest absolute Gasteiger partial charge is 0.251 e. The van der Waals surface area contributed by atoms with Gasteiger partial charge in [-0.25, -0.2) is 4.98 Å². The fraction of sp³-hybridized carbons (Fsp3) is 0.333. The minimum atomic E-state index is 0.0394. The van der Waals surface area contributed by atoms with Gasteiger partial charge in [-0.2, -0.15) is 0 Å².